The van der Waals surface area contributed by atoms with Crippen LogP contribution in [0.2, 0.25) is 5.02 Å². The van der Waals surface area contributed by atoms with E-state index in [4.69, 9.17) is 11.6 Å². The molecule has 1 saturated heterocycles. The summed E-state index contributed by atoms with van der Waals surface area (Å²) in [6, 6.07) is 6.92. The van der Waals surface area contributed by atoms with E-state index in [2.05, 4.69) is 10.6 Å². The Bertz CT molecular complexity index is 434. The van der Waals surface area contributed by atoms with Crippen LogP contribution in [0.4, 0.5) is 5.69 Å². The number of rotatable bonds is 2. The van der Waals surface area contributed by atoms with Crippen LogP contribution < -0.4 is 10.6 Å². The van der Waals surface area contributed by atoms with Gasteiger partial charge in [0.15, 0.2) is 0 Å². The van der Waals surface area contributed by atoms with E-state index in [1.165, 1.54) is 0 Å². The van der Waals surface area contributed by atoms with E-state index < -0.39 is 0 Å². The third kappa shape index (κ3) is 2.52. The van der Waals surface area contributed by atoms with Crippen molar-refractivity contribution >= 4 is 29.1 Å². The van der Waals surface area contributed by atoms with E-state index >= 15 is 0 Å². The van der Waals surface area contributed by atoms with Crippen LogP contribution in [0.15, 0.2) is 24.3 Å². The summed E-state index contributed by atoms with van der Waals surface area (Å²) in [5.41, 5.74) is 0.650. The summed E-state index contributed by atoms with van der Waals surface area (Å²) in [4.78, 5) is 22.7. The fourth-order valence-corrected chi connectivity index (χ4v) is 1.79. The average Bonchev–Trinajstić information content (AvgIpc) is 2.65. The van der Waals surface area contributed by atoms with Gasteiger partial charge in [-0.2, -0.15) is 0 Å². The smallest absolute Gasteiger partial charge is 0.229 e. The second-order valence-electron chi connectivity index (χ2n) is 3.70. The van der Waals surface area contributed by atoms with Gasteiger partial charge in [0, 0.05) is 23.7 Å². The molecule has 0 spiro atoms. The van der Waals surface area contributed by atoms with Crippen LogP contribution in [0.1, 0.15) is 6.42 Å². The maximum absolute atomic E-state index is 11.7. The Hall–Kier alpha value is -1.55. The molecular weight excluding hydrogens is 228 g/mol. The molecule has 5 heteroatoms. The maximum atomic E-state index is 11.7. The fraction of sp³-hybridized carbons (Fsp3) is 0.273. The van der Waals surface area contributed by atoms with Crippen molar-refractivity contribution in [1.82, 2.24) is 5.32 Å². The number of hydrogen-bond acceptors (Lipinski definition) is 2. The van der Waals surface area contributed by atoms with Gasteiger partial charge in [-0.3, -0.25) is 9.59 Å². The number of carbonyl (C=O) groups is 2. The first-order valence-electron chi connectivity index (χ1n) is 4.98. The lowest BCUT2D eigenvalue weighted by Crippen LogP contribution is -2.24. The minimum atomic E-state index is -0.286. The predicted molar refractivity (Wildman–Crippen MR) is 61.2 cm³/mol. The highest BCUT2D eigenvalue weighted by Gasteiger charge is 2.27. The summed E-state index contributed by atoms with van der Waals surface area (Å²) in [7, 11) is 0. The van der Waals surface area contributed by atoms with E-state index in [1.807, 2.05) is 0 Å². The van der Waals surface area contributed by atoms with Gasteiger partial charge in [0.25, 0.3) is 0 Å². The molecular formula is C11H11ClN2O2. The third-order valence-electron chi connectivity index (χ3n) is 2.44. The standard InChI is InChI=1S/C11H11ClN2O2/c12-8-2-1-3-9(5-8)14-11(16)7-4-10(15)13-6-7/h1-3,5,7H,4,6H2,(H,13,15)(H,14,16). The van der Waals surface area contributed by atoms with Gasteiger partial charge in [-0.15, -0.1) is 0 Å². The highest BCUT2D eigenvalue weighted by atomic mass is 35.5. The quantitative estimate of drug-likeness (QED) is 0.819. The summed E-state index contributed by atoms with van der Waals surface area (Å²) in [5, 5.41) is 5.92. The highest BCUT2D eigenvalue weighted by Crippen LogP contribution is 2.17. The normalized spacial score (nSPS) is 19.3. The first-order chi connectivity index (χ1) is 7.65. The maximum Gasteiger partial charge on any atom is 0.229 e. The van der Waals surface area contributed by atoms with Gasteiger partial charge in [0.2, 0.25) is 11.8 Å². The predicted octanol–water partition coefficient (Wildman–Crippen LogP) is 1.41. The molecule has 1 unspecified atom stereocenters. The number of anilines is 1. The number of benzene rings is 1. The minimum Gasteiger partial charge on any atom is -0.355 e. The molecule has 1 fully saturated rings. The van der Waals surface area contributed by atoms with Crippen LogP contribution in [0.25, 0.3) is 0 Å². The Balaban J connectivity index is 1.99. The van der Waals surface area contributed by atoms with Crippen molar-refractivity contribution in [1.29, 1.82) is 0 Å². The monoisotopic (exact) mass is 238 g/mol. The summed E-state index contributed by atoms with van der Waals surface area (Å²) < 4.78 is 0. The van der Waals surface area contributed by atoms with E-state index in [-0.39, 0.29) is 24.2 Å². The van der Waals surface area contributed by atoms with Crippen molar-refractivity contribution in [2.24, 2.45) is 5.92 Å². The van der Waals surface area contributed by atoms with E-state index in [9.17, 15) is 9.59 Å². The van der Waals surface area contributed by atoms with Gasteiger partial charge in [-0.25, -0.2) is 0 Å². The molecule has 1 aromatic rings. The zero-order chi connectivity index (χ0) is 11.5. The molecule has 0 radical (unpaired) electrons. The molecule has 2 amide bonds. The second kappa shape index (κ2) is 4.53. The molecule has 0 saturated carbocycles. The van der Waals surface area contributed by atoms with Crippen LogP contribution in [0.3, 0.4) is 0 Å². The van der Waals surface area contributed by atoms with Crippen LogP contribution in [0.5, 0.6) is 0 Å². The number of nitrogens with one attached hydrogen (secondary N) is 2. The summed E-state index contributed by atoms with van der Waals surface area (Å²) in [6.07, 6.45) is 0.256. The molecule has 1 heterocycles. The molecule has 1 aliphatic heterocycles. The van der Waals surface area contributed by atoms with E-state index in [1.54, 1.807) is 24.3 Å². The van der Waals surface area contributed by atoms with Gasteiger partial charge >= 0.3 is 0 Å². The number of halogens is 1. The Labute approximate surface area is 98.0 Å². The van der Waals surface area contributed by atoms with E-state index in [0.717, 1.165) is 0 Å². The summed E-state index contributed by atoms with van der Waals surface area (Å²) >= 11 is 5.79. The second-order valence-corrected chi connectivity index (χ2v) is 4.14. The average molecular weight is 239 g/mol. The Morgan fingerprint density at radius 2 is 2.31 bits per heavy atom. The third-order valence-corrected chi connectivity index (χ3v) is 2.68. The van der Waals surface area contributed by atoms with Crippen molar-refractivity contribution in [2.75, 3.05) is 11.9 Å². The molecule has 1 aliphatic rings. The molecule has 0 aromatic heterocycles. The lowest BCUT2D eigenvalue weighted by molar-refractivity contribution is -0.123. The van der Waals surface area contributed by atoms with Crippen LogP contribution in [0, 0.1) is 5.92 Å². The molecule has 4 nitrogen and oxygen atoms in total. The SMILES string of the molecule is O=C1CC(C(=O)Nc2cccc(Cl)c2)CN1. The molecule has 2 rings (SSSR count). The van der Waals surface area contributed by atoms with Crippen molar-refractivity contribution in [2.45, 2.75) is 6.42 Å². The van der Waals surface area contributed by atoms with Gasteiger partial charge in [0.05, 0.1) is 5.92 Å². The minimum absolute atomic E-state index is 0.0776. The number of amides is 2. The first kappa shape index (κ1) is 11.0. The number of hydrogen-bond donors (Lipinski definition) is 2. The van der Waals surface area contributed by atoms with Crippen molar-refractivity contribution < 1.29 is 9.59 Å². The molecule has 0 aliphatic carbocycles. The van der Waals surface area contributed by atoms with Crippen molar-refractivity contribution in [3.05, 3.63) is 29.3 Å². The summed E-state index contributed by atoms with van der Waals surface area (Å²) in [5.74, 6) is -0.515. The van der Waals surface area contributed by atoms with Crippen molar-refractivity contribution in [3.8, 4) is 0 Å². The van der Waals surface area contributed by atoms with Gasteiger partial charge in [-0.1, -0.05) is 17.7 Å². The largest absolute Gasteiger partial charge is 0.355 e. The highest BCUT2D eigenvalue weighted by molar-refractivity contribution is 6.30. The molecule has 1 aromatic carbocycles. The lowest BCUT2D eigenvalue weighted by atomic mass is 10.1. The molecule has 2 N–H and O–H groups in total. The van der Waals surface area contributed by atoms with Gasteiger partial charge < -0.3 is 10.6 Å². The molecule has 16 heavy (non-hydrogen) atoms. The Kier molecular flexibility index (Phi) is 3.10. The van der Waals surface area contributed by atoms with E-state index in [0.29, 0.717) is 17.3 Å². The topological polar surface area (TPSA) is 58.2 Å². The lowest BCUT2D eigenvalue weighted by Gasteiger charge is -2.09. The van der Waals surface area contributed by atoms with Crippen LogP contribution in [-0.4, -0.2) is 18.4 Å². The first-order valence-corrected chi connectivity index (χ1v) is 5.36. The zero-order valence-electron chi connectivity index (χ0n) is 8.50. The molecule has 0 bridgehead atoms. The fourth-order valence-electron chi connectivity index (χ4n) is 1.60. The zero-order valence-corrected chi connectivity index (χ0v) is 9.25. The summed E-state index contributed by atoms with van der Waals surface area (Å²) in [6.45, 7) is 0.408. The Morgan fingerprint density at radius 3 is 2.94 bits per heavy atom. The molecule has 1 atom stereocenters. The Morgan fingerprint density at radius 1 is 1.50 bits per heavy atom. The van der Waals surface area contributed by atoms with Gasteiger partial charge in [-0.05, 0) is 18.2 Å². The van der Waals surface area contributed by atoms with Gasteiger partial charge in [0.1, 0.15) is 0 Å². The van der Waals surface area contributed by atoms with Crippen LogP contribution >= 0.6 is 11.6 Å². The molecule has 84 valence electrons. The van der Waals surface area contributed by atoms with Crippen LogP contribution in [-0.2, 0) is 9.59 Å². The number of carbonyl (C=O) groups excluding carboxylic acids is 2. The van der Waals surface area contributed by atoms with Crippen molar-refractivity contribution in [3.63, 3.8) is 0 Å².